The SMILES string of the molecule is CNC(=O)c1[nH]c(C)nc1N. The largest absolute Gasteiger partial charge is 0.382 e. The minimum absolute atomic E-state index is 0.238. The molecule has 0 radical (unpaired) electrons. The number of nitrogens with zero attached hydrogens (tertiary/aromatic N) is 1. The van der Waals surface area contributed by atoms with E-state index < -0.39 is 0 Å². The monoisotopic (exact) mass is 154 g/mol. The van der Waals surface area contributed by atoms with Gasteiger partial charge < -0.3 is 16.0 Å². The van der Waals surface area contributed by atoms with Crippen LogP contribution in [0.25, 0.3) is 0 Å². The summed E-state index contributed by atoms with van der Waals surface area (Å²) in [4.78, 5) is 17.6. The van der Waals surface area contributed by atoms with Gasteiger partial charge in [-0.2, -0.15) is 0 Å². The molecule has 60 valence electrons. The Bertz CT molecular complexity index is 278. The Morgan fingerprint density at radius 2 is 2.36 bits per heavy atom. The number of hydrogen-bond donors (Lipinski definition) is 3. The molecular weight excluding hydrogens is 144 g/mol. The Kier molecular flexibility index (Phi) is 1.80. The van der Waals surface area contributed by atoms with Crippen molar-refractivity contribution in [2.45, 2.75) is 6.92 Å². The number of rotatable bonds is 1. The lowest BCUT2D eigenvalue weighted by Crippen LogP contribution is -2.19. The molecule has 0 bridgehead atoms. The van der Waals surface area contributed by atoms with Crippen molar-refractivity contribution in [2.24, 2.45) is 0 Å². The van der Waals surface area contributed by atoms with E-state index >= 15 is 0 Å². The van der Waals surface area contributed by atoms with Gasteiger partial charge in [0.25, 0.3) is 5.91 Å². The number of hydrogen-bond acceptors (Lipinski definition) is 3. The number of aromatic nitrogens is 2. The minimum atomic E-state index is -0.247. The third-order valence-corrected chi connectivity index (χ3v) is 1.30. The standard InChI is InChI=1S/C6H10N4O/c1-3-9-4(5(7)10-3)6(11)8-2/h7H2,1-2H3,(H,8,11)(H,9,10). The van der Waals surface area contributed by atoms with E-state index in [9.17, 15) is 4.79 Å². The average molecular weight is 154 g/mol. The first kappa shape index (κ1) is 7.59. The van der Waals surface area contributed by atoms with Gasteiger partial charge in [0.05, 0.1) is 0 Å². The molecule has 1 amide bonds. The molecule has 0 aromatic carbocycles. The first-order valence-corrected chi connectivity index (χ1v) is 3.19. The van der Waals surface area contributed by atoms with Crippen LogP contribution in [0.15, 0.2) is 0 Å². The first-order valence-electron chi connectivity index (χ1n) is 3.19. The Morgan fingerprint density at radius 1 is 1.73 bits per heavy atom. The fourth-order valence-corrected chi connectivity index (χ4v) is 0.808. The summed E-state index contributed by atoms with van der Waals surface area (Å²) in [6.45, 7) is 1.74. The molecule has 1 heterocycles. The zero-order valence-corrected chi connectivity index (χ0v) is 6.43. The molecule has 0 spiro atoms. The third kappa shape index (κ3) is 1.31. The number of anilines is 1. The maximum atomic E-state index is 11.0. The molecule has 1 rings (SSSR count). The van der Waals surface area contributed by atoms with Crippen molar-refractivity contribution in [1.29, 1.82) is 0 Å². The molecule has 0 fully saturated rings. The summed E-state index contributed by atoms with van der Waals surface area (Å²) in [6.07, 6.45) is 0. The summed E-state index contributed by atoms with van der Waals surface area (Å²) in [6, 6.07) is 0. The quantitative estimate of drug-likeness (QED) is 0.517. The van der Waals surface area contributed by atoms with Gasteiger partial charge in [0.1, 0.15) is 11.5 Å². The van der Waals surface area contributed by atoms with E-state index in [1.54, 1.807) is 6.92 Å². The number of aromatic amines is 1. The van der Waals surface area contributed by atoms with Gasteiger partial charge in [0, 0.05) is 7.05 Å². The van der Waals surface area contributed by atoms with Crippen LogP contribution >= 0.6 is 0 Å². The number of aryl methyl sites for hydroxylation is 1. The number of nitrogens with two attached hydrogens (primary N) is 1. The third-order valence-electron chi connectivity index (χ3n) is 1.30. The Hall–Kier alpha value is -1.52. The number of imidazole rings is 1. The smallest absolute Gasteiger partial charge is 0.271 e. The highest BCUT2D eigenvalue weighted by Crippen LogP contribution is 2.06. The second kappa shape index (κ2) is 2.61. The summed E-state index contributed by atoms with van der Waals surface area (Å²) < 4.78 is 0. The van der Waals surface area contributed by atoms with Gasteiger partial charge in [0.2, 0.25) is 0 Å². The highest BCUT2D eigenvalue weighted by atomic mass is 16.1. The first-order chi connectivity index (χ1) is 5.15. The molecule has 0 aliphatic rings. The van der Waals surface area contributed by atoms with E-state index in [1.165, 1.54) is 7.05 Å². The Labute approximate surface area is 64.0 Å². The minimum Gasteiger partial charge on any atom is -0.382 e. The number of carbonyl (C=O) groups is 1. The van der Waals surface area contributed by atoms with Gasteiger partial charge in [-0.05, 0) is 6.92 Å². The van der Waals surface area contributed by atoms with Gasteiger partial charge in [-0.25, -0.2) is 4.98 Å². The molecule has 0 unspecified atom stereocenters. The molecule has 0 saturated heterocycles. The maximum Gasteiger partial charge on any atom is 0.271 e. The van der Waals surface area contributed by atoms with Crippen LogP contribution in [0.4, 0.5) is 5.82 Å². The van der Waals surface area contributed by atoms with Crippen molar-refractivity contribution in [2.75, 3.05) is 12.8 Å². The van der Waals surface area contributed by atoms with Crippen molar-refractivity contribution in [3.05, 3.63) is 11.5 Å². The van der Waals surface area contributed by atoms with Gasteiger partial charge >= 0.3 is 0 Å². The van der Waals surface area contributed by atoms with E-state index in [-0.39, 0.29) is 11.7 Å². The fourth-order valence-electron chi connectivity index (χ4n) is 0.808. The predicted molar refractivity (Wildman–Crippen MR) is 41.1 cm³/mol. The molecule has 11 heavy (non-hydrogen) atoms. The van der Waals surface area contributed by atoms with Crippen molar-refractivity contribution in [3.63, 3.8) is 0 Å². The van der Waals surface area contributed by atoms with E-state index in [2.05, 4.69) is 15.3 Å². The summed E-state index contributed by atoms with van der Waals surface area (Å²) in [5, 5.41) is 2.45. The average Bonchev–Trinajstić information content (AvgIpc) is 2.28. The normalized spacial score (nSPS) is 9.64. The predicted octanol–water partition coefficient (Wildman–Crippen LogP) is -0.340. The van der Waals surface area contributed by atoms with E-state index in [0.29, 0.717) is 11.5 Å². The van der Waals surface area contributed by atoms with Gasteiger partial charge in [-0.1, -0.05) is 0 Å². The van der Waals surface area contributed by atoms with Crippen LogP contribution in [0.2, 0.25) is 0 Å². The lowest BCUT2D eigenvalue weighted by molar-refractivity contribution is 0.0959. The van der Waals surface area contributed by atoms with Crippen molar-refractivity contribution >= 4 is 11.7 Å². The molecule has 0 atom stereocenters. The molecule has 5 heteroatoms. The van der Waals surface area contributed by atoms with Crippen LogP contribution in [0.1, 0.15) is 16.3 Å². The number of nitrogen functional groups attached to an aromatic ring is 1. The Balaban J connectivity index is 3.03. The molecule has 1 aromatic heterocycles. The molecule has 4 N–H and O–H groups in total. The molecule has 1 aromatic rings. The van der Waals surface area contributed by atoms with E-state index in [1.807, 2.05) is 0 Å². The van der Waals surface area contributed by atoms with Crippen LogP contribution in [-0.2, 0) is 0 Å². The van der Waals surface area contributed by atoms with E-state index in [0.717, 1.165) is 0 Å². The molecule has 0 saturated carbocycles. The summed E-state index contributed by atoms with van der Waals surface area (Å²) in [5.74, 6) is 0.631. The molecule has 5 nitrogen and oxygen atoms in total. The molecular formula is C6H10N4O. The van der Waals surface area contributed by atoms with Crippen molar-refractivity contribution < 1.29 is 4.79 Å². The van der Waals surface area contributed by atoms with Gasteiger partial charge in [0.15, 0.2) is 5.82 Å². The van der Waals surface area contributed by atoms with Crippen molar-refractivity contribution in [3.8, 4) is 0 Å². The van der Waals surface area contributed by atoms with Gasteiger partial charge in [-0.3, -0.25) is 4.79 Å². The second-order valence-electron chi connectivity index (χ2n) is 2.16. The number of nitrogens with one attached hydrogen (secondary N) is 2. The maximum absolute atomic E-state index is 11.0. The molecule has 0 aliphatic heterocycles. The van der Waals surface area contributed by atoms with Crippen molar-refractivity contribution in [1.82, 2.24) is 15.3 Å². The number of amides is 1. The number of H-pyrrole nitrogens is 1. The zero-order valence-electron chi connectivity index (χ0n) is 6.43. The highest BCUT2D eigenvalue weighted by molar-refractivity contribution is 5.96. The van der Waals surface area contributed by atoms with Gasteiger partial charge in [-0.15, -0.1) is 0 Å². The lowest BCUT2D eigenvalue weighted by atomic mass is 10.4. The van der Waals surface area contributed by atoms with Crippen LogP contribution < -0.4 is 11.1 Å². The zero-order chi connectivity index (χ0) is 8.43. The lowest BCUT2D eigenvalue weighted by Gasteiger charge is -1.94. The van der Waals surface area contributed by atoms with Crippen LogP contribution in [-0.4, -0.2) is 22.9 Å². The number of carbonyl (C=O) groups excluding carboxylic acids is 1. The molecule has 0 aliphatic carbocycles. The van der Waals surface area contributed by atoms with Crippen LogP contribution in [0.5, 0.6) is 0 Å². The highest BCUT2D eigenvalue weighted by Gasteiger charge is 2.10. The van der Waals surface area contributed by atoms with Crippen LogP contribution in [0.3, 0.4) is 0 Å². The summed E-state index contributed by atoms with van der Waals surface area (Å²) in [7, 11) is 1.54. The Morgan fingerprint density at radius 3 is 2.73 bits per heavy atom. The summed E-state index contributed by atoms with van der Waals surface area (Å²) in [5.41, 5.74) is 5.74. The summed E-state index contributed by atoms with van der Waals surface area (Å²) >= 11 is 0. The van der Waals surface area contributed by atoms with E-state index in [4.69, 9.17) is 5.73 Å². The fraction of sp³-hybridized carbons (Fsp3) is 0.333. The van der Waals surface area contributed by atoms with Crippen LogP contribution in [0, 0.1) is 6.92 Å². The topological polar surface area (TPSA) is 83.8 Å². The second-order valence-corrected chi connectivity index (χ2v) is 2.16.